The van der Waals surface area contributed by atoms with Crippen LogP contribution in [0.15, 0.2) is 27.1 Å². The van der Waals surface area contributed by atoms with Crippen LogP contribution in [-0.2, 0) is 0 Å². The van der Waals surface area contributed by atoms with Crippen molar-refractivity contribution in [3.63, 3.8) is 0 Å². The van der Waals surface area contributed by atoms with Gasteiger partial charge in [0, 0.05) is 6.54 Å². The van der Waals surface area contributed by atoms with Crippen LogP contribution in [-0.4, -0.2) is 18.8 Å². The van der Waals surface area contributed by atoms with E-state index >= 15 is 0 Å². The fraction of sp³-hybridized carbons (Fsp3) is 0.333. The molecular weight excluding hydrogens is 355 g/mol. The Balaban J connectivity index is 2.95. The minimum atomic E-state index is -4.48. The van der Waals surface area contributed by atoms with Gasteiger partial charge in [-0.25, -0.2) is 0 Å². The highest BCUT2D eigenvalue weighted by Gasteiger charge is 2.41. The SMILES string of the molecule is NCC(Oc1c(Br)cccc1Br)C(F)(F)F. The van der Waals surface area contributed by atoms with E-state index in [9.17, 15) is 13.2 Å². The van der Waals surface area contributed by atoms with Crippen LogP contribution in [0.4, 0.5) is 13.2 Å². The zero-order valence-electron chi connectivity index (χ0n) is 7.89. The summed E-state index contributed by atoms with van der Waals surface area (Å²) in [6.45, 7) is -0.628. The minimum Gasteiger partial charge on any atom is -0.477 e. The van der Waals surface area contributed by atoms with Crippen molar-refractivity contribution in [2.45, 2.75) is 12.3 Å². The lowest BCUT2D eigenvalue weighted by Crippen LogP contribution is -2.40. The third-order valence-electron chi connectivity index (χ3n) is 1.76. The first-order valence-electron chi connectivity index (χ1n) is 4.23. The van der Waals surface area contributed by atoms with Gasteiger partial charge >= 0.3 is 6.18 Å². The maximum Gasteiger partial charge on any atom is 0.426 e. The molecule has 0 amide bonds. The number of para-hydroxylation sites is 1. The van der Waals surface area contributed by atoms with Gasteiger partial charge in [0.25, 0.3) is 0 Å². The quantitative estimate of drug-likeness (QED) is 0.893. The normalized spacial score (nSPS) is 13.6. The maximum absolute atomic E-state index is 12.4. The first kappa shape index (κ1) is 13.8. The van der Waals surface area contributed by atoms with Crippen LogP contribution in [0.3, 0.4) is 0 Å². The van der Waals surface area contributed by atoms with Crippen molar-refractivity contribution in [1.82, 2.24) is 0 Å². The lowest BCUT2D eigenvalue weighted by atomic mass is 10.3. The number of halogens is 5. The van der Waals surface area contributed by atoms with Gasteiger partial charge in [-0.05, 0) is 44.0 Å². The fourth-order valence-corrected chi connectivity index (χ4v) is 2.17. The van der Waals surface area contributed by atoms with Crippen molar-refractivity contribution in [2.24, 2.45) is 5.73 Å². The van der Waals surface area contributed by atoms with Crippen molar-refractivity contribution in [2.75, 3.05) is 6.54 Å². The maximum atomic E-state index is 12.4. The summed E-state index contributed by atoms with van der Waals surface area (Å²) in [5, 5.41) is 0. The van der Waals surface area contributed by atoms with Crippen molar-refractivity contribution in [1.29, 1.82) is 0 Å². The molecule has 0 aliphatic carbocycles. The number of hydrogen-bond donors (Lipinski definition) is 1. The standard InChI is InChI=1S/C9H8Br2F3NO/c10-5-2-1-3-6(11)8(5)16-7(4-15)9(12,13)14/h1-3,7H,4,15H2. The Morgan fingerprint density at radius 1 is 1.25 bits per heavy atom. The fourth-order valence-electron chi connectivity index (χ4n) is 0.986. The number of benzene rings is 1. The van der Waals surface area contributed by atoms with Gasteiger partial charge in [-0.3, -0.25) is 0 Å². The van der Waals surface area contributed by atoms with Gasteiger partial charge in [0.2, 0.25) is 6.10 Å². The van der Waals surface area contributed by atoms with Crippen LogP contribution in [0.1, 0.15) is 0 Å². The summed E-state index contributed by atoms with van der Waals surface area (Å²) >= 11 is 6.22. The molecule has 7 heteroatoms. The van der Waals surface area contributed by atoms with Crippen molar-refractivity contribution < 1.29 is 17.9 Å². The van der Waals surface area contributed by atoms with Crippen molar-refractivity contribution in [3.8, 4) is 5.75 Å². The van der Waals surface area contributed by atoms with Crippen molar-refractivity contribution in [3.05, 3.63) is 27.1 Å². The summed E-state index contributed by atoms with van der Waals surface area (Å²) < 4.78 is 43.0. The second-order valence-corrected chi connectivity index (χ2v) is 4.64. The number of hydrogen-bond acceptors (Lipinski definition) is 2. The highest BCUT2D eigenvalue weighted by Crippen LogP contribution is 2.35. The van der Waals surface area contributed by atoms with Gasteiger partial charge in [0.05, 0.1) is 8.95 Å². The zero-order chi connectivity index (χ0) is 12.3. The third kappa shape index (κ3) is 3.36. The Hall–Kier alpha value is -0.270. The molecule has 2 nitrogen and oxygen atoms in total. The predicted octanol–water partition coefficient (Wildman–Crippen LogP) is 3.48. The Morgan fingerprint density at radius 3 is 2.12 bits per heavy atom. The second kappa shape index (κ2) is 5.37. The molecule has 1 aromatic rings. The third-order valence-corrected chi connectivity index (χ3v) is 3.01. The molecule has 0 saturated carbocycles. The summed E-state index contributed by atoms with van der Waals surface area (Å²) in [6, 6.07) is 4.85. The van der Waals surface area contributed by atoms with E-state index in [1.807, 2.05) is 0 Å². The smallest absolute Gasteiger partial charge is 0.426 e. The topological polar surface area (TPSA) is 35.2 Å². The molecule has 90 valence electrons. The van der Waals surface area contributed by atoms with Crippen LogP contribution >= 0.6 is 31.9 Å². The summed E-state index contributed by atoms with van der Waals surface area (Å²) in [5.41, 5.74) is 5.03. The number of rotatable bonds is 3. The molecule has 0 saturated heterocycles. The molecule has 0 aromatic heterocycles. The largest absolute Gasteiger partial charge is 0.477 e. The van der Waals surface area contributed by atoms with E-state index in [1.165, 1.54) is 0 Å². The average molecular weight is 363 g/mol. The van der Waals surface area contributed by atoms with Gasteiger partial charge < -0.3 is 10.5 Å². The lowest BCUT2D eigenvalue weighted by Gasteiger charge is -2.21. The highest BCUT2D eigenvalue weighted by molar-refractivity contribution is 9.11. The number of alkyl halides is 3. The molecule has 1 unspecified atom stereocenters. The lowest BCUT2D eigenvalue weighted by molar-refractivity contribution is -0.191. The molecule has 0 aliphatic rings. The predicted molar refractivity (Wildman–Crippen MR) is 61.4 cm³/mol. The second-order valence-electron chi connectivity index (χ2n) is 2.93. The van der Waals surface area contributed by atoms with E-state index in [4.69, 9.17) is 10.5 Å². The molecule has 0 fully saturated rings. The molecule has 2 N–H and O–H groups in total. The van der Waals surface area contributed by atoms with Gasteiger partial charge in [0.15, 0.2) is 0 Å². The van der Waals surface area contributed by atoms with Gasteiger partial charge in [0.1, 0.15) is 5.75 Å². The van der Waals surface area contributed by atoms with Gasteiger partial charge in [-0.1, -0.05) is 6.07 Å². The van der Waals surface area contributed by atoms with E-state index in [0.717, 1.165) is 0 Å². The summed E-state index contributed by atoms with van der Waals surface area (Å²) in [4.78, 5) is 0. The zero-order valence-corrected chi connectivity index (χ0v) is 11.1. The number of nitrogens with two attached hydrogens (primary N) is 1. The van der Waals surface area contributed by atoms with Gasteiger partial charge in [-0.15, -0.1) is 0 Å². The summed E-state index contributed by atoms with van der Waals surface area (Å²) in [6.07, 6.45) is -6.49. The Labute approximate surface area is 107 Å². The Kier molecular flexibility index (Phi) is 4.63. The molecule has 0 bridgehead atoms. The van der Waals surface area contributed by atoms with Crippen LogP contribution < -0.4 is 10.5 Å². The molecule has 0 spiro atoms. The molecule has 0 heterocycles. The van der Waals surface area contributed by atoms with Crippen LogP contribution in [0.25, 0.3) is 0 Å². The molecule has 16 heavy (non-hydrogen) atoms. The summed E-state index contributed by atoms with van der Waals surface area (Å²) in [7, 11) is 0. The monoisotopic (exact) mass is 361 g/mol. The molecular formula is C9H8Br2F3NO. The summed E-state index contributed by atoms with van der Waals surface area (Å²) in [5.74, 6) is 0.0928. The molecule has 1 aromatic carbocycles. The Bertz CT molecular complexity index is 350. The first-order chi connectivity index (χ1) is 7.36. The van der Waals surface area contributed by atoms with Crippen LogP contribution in [0, 0.1) is 0 Å². The number of ether oxygens (including phenoxy) is 1. The van der Waals surface area contributed by atoms with E-state index in [0.29, 0.717) is 8.95 Å². The van der Waals surface area contributed by atoms with Gasteiger partial charge in [-0.2, -0.15) is 13.2 Å². The van der Waals surface area contributed by atoms with E-state index in [-0.39, 0.29) is 5.75 Å². The Morgan fingerprint density at radius 2 is 1.75 bits per heavy atom. The molecule has 1 rings (SSSR count). The van der Waals surface area contributed by atoms with Crippen LogP contribution in [0.5, 0.6) is 5.75 Å². The minimum absolute atomic E-state index is 0.0928. The highest BCUT2D eigenvalue weighted by atomic mass is 79.9. The molecule has 0 aliphatic heterocycles. The van der Waals surface area contributed by atoms with Crippen LogP contribution in [0.2, 0.25) is 0 Å². The molecule has 1 atom stereocenters. The van der Waals surface area contributed by atoms with E-state index in [1.54, 1.807) is 18.2 Å². The molecule has 0 radical (unpaired) electrons. The average Bonchev–Trinajstić information content (AvgIpc) is 2.15. The van der Waals surface area contributed by atoms with Crippen molar-refractivity contribution >= 4 is 31.9 Å². The van der Waals surface area contributed by atoms with E-state index < -0.39 is 18.8 Å². The van der Waals surface area contributed by atoms with E-state index in [2.05, 4.69) is 31.9 Å². The first-order valence-corrected chi connectivity index (χ1v) is 5.82.